The summed E-state index contributed by atoms with van der Waals surface area (Å²) in [5.41, 5.74) is 5.23. The van der Waals surface area contributed by atoms with E-state index >= 15 is 0 Å². The summed E-state index contributed by atoms with van der Waals surface area (Å²) < 4.78 is 73.4. The van der Waals surface area contributed by atoms with Crippen molar-refractivity contribution < 1.29 is 11.0 Å². The molecule has 0 aliphatic rings. The molecule has 8 aromatic carbocycles. The van der Waals surface area contributed by atoms with Gasteiger partial charge >= 0.3 is 0 Å². The molecule has 0 unspecified atom stereocenters. The Morgan fingerprint density at radius 1 is 0.467 bits per heavy atom. The van der Waals surface area contributed by atoms with Crippen molar-refractivity contribution in [3.63, 3.8) is 0 Å². The summed E-state index contributed by atoms with van der Waals surface area (Å²) in [6, 6.07) is 36.0. The Kier molecular flexibility index (Phi) is 4.27. The third-order valence-electron chi connectivity index (χ3n) is 8.42. The van der Waals surface area contributed by atoms with E-state index in [-0.39, 0.29) is 45.7 Å². The van der Waals surface area contributed by atoms with E-state index in [0.717, 1.165) is 33.1 Å². The zero-order valence-electron chi connectivity index (χ0n) is 31.9. The molecule has 0 bridgehead atoms. The molecule has 0 spiro atoms. The molecule has 45 heavy (non-hydrogen) atoms. The van der Waals surface area contributed by atoms with Crippen molar-refractivity contribution in [1.29, 1.82) is 0 Å². The van der Waals surface area contributed by atoms with Crippen molar-refractivity contribution in [3.8, 4) is 39.3 Å². The number of hydrogen-bond acceptors (Lipinski definition) is 1. The van der Waals surface area contributed by atoms with Gasteiger partial charge in [-0.2, -0.15) is 0 Å². The predicted octanol–water partition coefficient (Wildman–Crippen LogP) is 11.5. The average Bonchev–Trinajstić information content (AvgIpc) is 3.59. The number of fused-ring (bicyclic) bond motifs is 4. The average molecular weight is 581 g/mol. The fourth-order valence-corrected chi connectivity index (χ4v) is 6.39. The fraction of sp³-hybridized carbons (Fsp3) is 0. The first kappa shape index (κ1) is 18.6. The number of para-hydroxylation sites is 2. The summed E-state index contributed by atoms with van der Waals surface area (Å²) in [6.07, 6.45) is 0. The second-order valence-electron chi connectivity index (χ2n) is 11.0. The van der Waals surface area contributed by atoms with Crippen LogP contribution in [0.15, 0.2) is 170 Å². The van der Waals surface area contributed by atoms with Gasteiger partial charge in [-0.1, -0.05) is 145 Å². The Hall–Kier alpha value is -5.99. The van der Waals surface area contributed by atoms with Crippen LogP contribution in [0.4, 0.5) is 0 Å². The Bertz CT molecular complexity index is 2890. The Morgan fingerprint density at radius 2 is 1.00 bits per heavy atom. The van der Waals surface area contributed by atoms with Crippen LogP contribution in [0.5, 0.6) is 0 Å². The maximum Gasteiger partial charge on any atom is 0.145 e. The van der Waals surface area contributed by atoms with Crippen molar-refractivity contribution in [2.45, 2.75) is 0 Å². The van der Waals surface area contributed by atoms with Crippen molar-refractivity contribution in [2.75, 3.05) is 0 Å². The highest BCUT2D eigenvalue weighted by molar-refractivity contribution is 6.21. The van der Waals surface area contributed by atoms with Crippen LogP contribution in [-0.2, 0) is 0 Å². The van der Waals surface area contributed by atoms with Crippen molar-refractivity contribution >= 4 is 43.4 Å². The Balaban J connectivity index is 1.35. The van der Waals surface area contributed by atoms with Gasteiger partial charge in [0.25, 0.3) is 0 Å². The summed E-state index contributed by atoms with van der Waals surface area (Å²) in [4.78, 5) is 5.04. The van der Waals surface area contributed by atoms with E-state index in [4.69, 9.17) is 13.2 Å². The largest absolute Gasteiger partial charge is 0.292 e. The maximum absolute atomic E-state index is 9.19. The molecule has 0 fully saturated rings. The second kappa shape index (κ2) is 10.3. The zero-order chi connectivity index (χ0) is 36.7. The molecule has 0 N–H and O–H groups in total. The van der Waals surface area contributed by atoms with Gasteiger partial charge in [-0.3, -0.25) is 4.57 Å². The lowest BCUT2D eigenvalue weighted by Crippen LogP contribution is -1.98. The topological polar surface area (TPSA) is 17.8 Å². The first-order chi connectivity index (χ1) is 25.7. The third-order valence-corrected chi connectivity index (χ3v) is 8.42. The minimum Gasteiger partial charge on any atom is -0.292 e. The first-order valence-corrected chi connectivity index (χ1v) is 14.7. The lowest BCUT2D eigenvalue weighted by molar-refractivity contribution is 1.11. The molecule has 9 rings (SSSR count). The van der Waals surface area contributed by atoms with E-state index in [1.54, 1.807) is 24.3 Å². The van der Waals surface area contributed by atoms with Gasteiger partial charge in [0.1, 0.15) is 5.82 Å². The van der Waals surface area contributed by atoms with E-state index in [9.17, 15) is 2.74 Å². The summed E-state index contributed by atoms with van der Waals surface area (Å²) in [5, 5.41) is 2.97. The quantitative estimate of drug-likeness (QED) is 0.189. The van der Waals surface area contributed by atoms with Gasteiger partial charge in [0.2, 0.25) is 0 Å². The first-order valence-electron chi connectivity index (χ1n) is 18.7. The van der Waals surface area contributed by atoms with Gasteiger partial charge in [0.05, 0.1) is 22.0 Å². The number of rotatable bonds is 4. The summed E-state index contributed by atoms with van der Waals surface area (Å²) in [7, 11) is 0. The molecule has 0 atom stereocenters. The maximum atomic E-state index is 9.19. The molecule has 9 aromatic rings. The van der Waals surface area contributed by atoms with E-state index in [2.05, 4.69) is 34.9 Å². The molecular formula is C43H28N2. The number of benzene rings is 8. The van der Waals surface area contributed by atoms with E-state index in [0.29, 0.717) is 28.1 Å². The van der Waals surface area contributed by atoms with Crippen LogP contribution in [0, 0.1) is 0 Å². The Labute approximate surface area is 272 Å². The highest BCUT2D eigenvalue weighted by atomic mass is 15.1. The standard InChI is InChI=1S/C43H28N2/c1-2-13-30(14-3-1)41-35-16-6-8-18-37(35)42(38-19-9-7-17-36(38)41)31-22-24-32(25-23-31)43-44-39-20-10-11-21-40(39)45(43)34-27-26-29-12-4-5-15-33(29)28-34/h1-28H/i6D,7D,8D,9D,16D,17D,18D,19D. The van der Waals surface area contributed by atoms with Crippen molar-refractivity contribution in [2.24, 2.45) is 0 Å². The normalized spacial score (nSPS) is 14.0. The van der Waals surface area contributed by atoms with Gasteiger partial charge in [-0.05, 0) is 78.8 Å². The number of aromatic nitrogens is 2. The molecular weight excluding hydrogens is 544 g/mol. The van der Waals surface area contributed by atoms with Gasteiger partial charge < -0.3 is 0 Å². The molecule has 2 nitrogen and oxygen atoms in total. The van der Waals surface area contributed by atoms with E-state index in [1.165, 1.54) is 0 Å². The smallest absolute Gasteiger partial charge is 0.145 e. The molecule has 210 valence electrons. The minimum atomic E-state index is -0.427. The second-order valence-corrected chi connectivity index (χ2v) is 11.0. The highest BCUT2D eigenvalue weighted by Gasteiger charge is 2.18. The number of imidazole rings is 1. The fourth-order valence-electron chi connectivity index (χ4n) is 6.39. The molecule has 0 aliphatic heterocycles. The summed E-state index contributed by atoms with van der Waals surface area (Å²) in [5.74, 6) is 0.700. The molecule has 0 radical (unpaired) electrons. The highest BCUT2D eigenvalue weighted by Crippen LogP contribution is 2.44. The van der Waals surface area contributed by atoms with Crippen molar-refractivity contribution in [1.82, 2.24) is 9.55 Å². The van der Waals surface area contributed by atoms with Crippen LogP contribution in [0.25, 0.3) is 82.7 Å². The number of nitrogens with zero attached hydrogens (tertiary/aromatic N) is 2. The van der Waals surface area contributed by atoms with Gasteiger partial charge in [0, 0.05) is 11.3 Å². The molecule has 0 saturated carbocycles. The lowest BCUT2D eigenvalue weighted by atomic mass is 9.86. The van der Waals surface area contributed by atoms with E-state index in [1.807, 2.05) is 66.7 Å². The molecule has 0 saturated heterocycles. The van der Waals surface area contributed by atoms with Gasteiger partial charge in [0.15, 0.2) is 0 Å². The SMILES string of the molecule is [2H]c1c([2H])c([2H])c2c(-c3ccc(-c4nc5ccccc5n4-c4ccc5ccccc5c4)cc3)c3c([2H])c([2H])c([2H])c([2H])c3c(-c3ccccc3)c2c1[2H]. The summed E-state index contributed by atoms with van der Waals surface area (Å²) >= 11 is 0. The zero-order valence-corrected chi connectivity index (χ0v) is 23.9. The van der Waals surface area contributed by atoms with Crippen LogP contribution in [0.3, 0.4) is 0 Å². The minimum absolute atomic E-state index is 0.184. The van der Waals surface area contributed by atoms with Crippen LogP contribution in [0.1, 0.15) is 11.0 Å². The van der Waals surface area contributed by atoms with E-state index < -0.39 is 24.2 Å². The van der Waals surface area contributed by atoms with Crippen molar-refractivity contribution in [3.05, 3.63) is 170 Å². The third kappa shape index (κ3) is 4.15. The monoisotopic (exact) mass is 580 g/mol. The van der Waals surface area contributed by atoms with Crippen LogP contribution < -0.4 is 0 Å². The van der Waals surface area contributed by atoms with Gasteiger partial charge in [-0.25, -0.2) is 4.98 Å². The van der Waals surface area contributed by atoms with Gasteiger partial charge in [-0.15, -0.1) is 0 Å². The lowest BCUT2D eigenvalue weighted by Gasteiger charge is -2.18. The predicted molar refractivity (Wildman–Crippen MR) is 190 cm³/mol. The number of hydrogen-bond donors (Lipinski definition) is 0. The Morgan fingerprint density at radius 3 is 1.67 bits per heavy atom. The summed E-state index contributed by atoms with van der Waals surface area (Å²) in [6.45, 7) is 0. The van der Waals surface area contributed by atoms with Crippen LogP contribution in [0.2, 0.25) is 0 Å². The molecule has 0 aliphatic carbocycles. The van der Waals surface area contributed by atoms with Crippen LogP contribution >= 0.6 is 0 Å². The molecule has 2 heteroatoms. The molecule has 1 heterocycles. The molecule has 1 aromatic heterocycles. The van der Waals surface area contributed by atoms with Crippen LogP contribution in [-0.4, -0.2) is 9.55 Å². The molecule has 0 amide bonds.